The highest BCUT2D eigenvalue weighted by molar-refractivity contribution is 5.43. The van der Waals surface area contributed by atoms with Gasteiger partial charge in [0, 0.05) is 6.42 Å². The highest BCUT2D eigenvalue weighted by Gasteiger charge is 2.63. The Balaban J connectivity index is 1.17. The van der Waals surface area contributed by atoms with Crippen LogP contribution in [0.3, 0.4) is 0 Å². The van der Waals surface area contributed by atoms with Crippen LogP contribution in [0.2, 0.25) is 0 Å². The summed E-state index contributed by atoms with van der Waals surface area (Å²) in [6.07, 6.45) is 10.1. The number of hydrogen-bond donors (Lipinski definition) is 2. The van der Waals surface area contributed by atoms with Crippen molar-refractivity contribution in [2.24, 2.45) is 22.7 Å². The first-order valence-corrected chi connectivity index (χ1v) is 17.5. The largest absolute Gasteiger partial charge is 0.508 e. The fourth-order valence-electron chi connectivity index (χ4n) is 9.52. The zero-order chi connectivity index (χ0) is 32.9. The van der Waals surface area contributed by atoms with E-state index < -0.39 is 18.5 Å². The SMILES string of the molecule is C=C[C@@]12CCc3cc(O)ccc3[C@H]1[C@@H](CCCCCCCN(C)CCCCCCCC(F)(F)C(F)(F)F)C[C@@]1(C)[C@H]2CC[C@@H]1O. The number of allylic oxidation sites excluding steroid dienone is 1. The van der Waals surface area contributed by atoms with Crippen LogP contribution >= 0.6 is 0 Å². The Hall–Kier alpha value is -1.67. The highest BCUT2D eigenvalue weighted by Crippen LogP contribution is 2.69. The summed E-state index contributed by atoms with van der Waals surface area (Å²) in [5.74, 6) is -2.93. The molecule has 1 aromatic carbocycles. The normalized spacial score (nSPS) is 29.8. The summed E-state index contributed by atoms with van der Waals surface area (Å²) in [5, 5.41) is 21.4. The molecule has 0 spiro atoms. The van der Waals surface area contributed by atoms with Crippen LogP contribution in [0, 0.1) is 22.7 Å². The molecule has 3 nitrogen and oxygen atoms in total. The van der Waals surface area contributed by atoms with Crippen molar-refractivity contribution in [1.29, 1.82) is 0 Å². The number of phenols is 1. The third-order valence-corrected chi connectivity index (χ3v) is 11.9. The summed E-state index contributed by atoms with van der Waals surface area (Å²) in [6, 6.07) is 5.96. The number of nitrogens with zero attached hydrogens (tertiary/aromatic N) is 1. The van der Waals surface area contributed by atoms with E-state index in [2.05, 4.69) is 37.6 Å². The van der Waals surface area contributed by atoms with Crippen LogP contribution in [-0.4, -0.2) is 53.5 Å². The lowest BCUT2D eigenvalue weighted by molar-refractivity contribution is -0.284. The van der Waals surface area contributed by atoms with Crippen molar-refractivity contribution in [1.82, 2.24) is 4.90 Å². The number of aliphatic hydroxyl groups excluding tert-OH is 1. The maximum atomic E-state index is 13.0. The summed E-state index contributed by atoms with van der Waals surface area (Å²) >= 11 is 0. The smallest absolute Gasteiger partial charge is 0.453 e. The first-order valence-electron chi connectivity index (χ1n) is 17.5. The lowest BCUT2D eigenvalue weighted by atomic mass is 9.44. The molecule has 0 unspecified atom stereocenters. The summed E-state index contributed by atoms with van der Waals surface area (Å²) in [7, 11) is 2.09. The number of benzene rings is 1. The Labute approximate surface area is 267 Å². The van der Waals surface area contributed by atoms with E-state index in [1.54, 1.807) is 0 Å². The average molecular weight is 642 g/mol. The van der Waals surface area contributed by atoms with Crippen LogP contribution in [0.1, 0.15) is 127 Å². The van der Waals surface area contributed by atoms with E-state index in [0.717, 1.165) is 70.9 Å². The van der Waals surface area contributed by atoms with Gasteiger partial charge >= 0.3 is 12.1 Å². The molecule has 0 heterocycles. The number of aromatic hydroxyl groups is 1. The summed E-state index contributed by atoms with van der Waals surface area (Å²) < 4.78 is 62.7. The van der Waals surface area contributed by atoms with Gasteiger partial charge < -0.3 is 15.1 Å². The standard InChI is InChI=1S/C37H56F5NO2/c1-4-35-22-20-27-25-29(44)16-17-30(27)33(35)28(26-34(2)31(35)18-19-32(34)45)15-11-7-5-9-13-23-43(3)24-14-10-6-8-12-21-36(38,39)37(40,41)42/h4,16-17,25,28,31-33,44-45H,1,5-15,18-24,26H2,2-3H3/t28-,31+,32-,33+,34-,35-/m0/s1. The zero-order valence-electron chi connectivity index (χ0n) is 27.5. The molecule has 0 amide bonds. The second-order valence-electron chi connectivity index (χ2n) is 14.9. The van der Waals surface area contributed by atoms with Crippen molar-refractivity contribution >= 4 is 0 Å². The maximum absolute atomic E-state index is 13.0. The number of rotatable bonds is 17. The topological polar surface area (TPSA) is 43.7 Å². The van der Waals surface area contributed by atoms with Crippen LogP contribution in [-0.2, 0) is 6.42 Å². The zero-order valence-corrected chi connectivity index (χ0v) is 27.5. The van der Waals surface area contributed by atoms with E-state index in [1.807, 2.05) is 12.1 Å². The molecule has 0 bridgehead atoms. The molecule has 0 aliphatic heterocycles. The summed E-state index contributed by atoms with van der Waals surface area (Å²) in [4.78, 5) is 2.29. The number of alkyl halides is 5. The Kier molecular flexibility index (Phi) is 12.1. The third kappa shape index (κ3) is 8.08. The molecule has 4 rings (SSSR count). The first kappa shape index (κ1) is 36.2. The van der Waals surface area contributed by atoms with E-state index in [0.29, 0.717) is 36.3 Å². The van der Waals surface area contributed by atoms with Crippen LogP contribution < -0.4 is 0 Å². The van der Waals surface area contributed by atoms with Crippen molar-refractivity contribution < 1.29 is 32.2 Å². The molecule has 256 valence electrons. The van der Waals surface area contributed by atoms with Gasteiger partial charge in [0.1, 0.15) is 5.75 Å². The predicted molar refractivity (Wildman–Crippen MR) is 171 cm³/mol. The van der Waals surface area contributed by atoms with E-state index in [-0.39, 0.29) is 23.4 Å². The van der Waals surface area contributed by atoms with Gasteiger partial charge in [0.15, 0.2) is 0 Å². The van der Waals surface area contributed by atoms with E-state index in [4.69, 9.17) is 0 Å². The predicted octanol–water partition coefficient (Wildman–Crippen LogP) is 10.2. The molecule has 45 heavy (non-hydrogen) atoms. The van der Waals surface area contributed by atoms with Crippen molar-refractivity contribution in [2.75, 3.05) is 20.1 Å². The number of halogens is 5. The number of aliphatic hydroxyl groups is 1. The Morgan fingerprint density at radius 2 is 1.56 bits per heavy atom. The van der Waals surface area contributed by atoms with Gasteiger partial charge in [0.25, 0.3) is 0 Å². The Morgan fingerprint density at radius 3 is 2.20 bits per heavy atom. The molecule has 2 saturated carbocycles. The minimum atomic E-state index is -5.44. The number of unbranched alkanes of at least 4 members (excludes halogenated alkanes) is 8. The van der Waals surface area contributed by atoms with Crippen molar-refractivity contribution in [2.45, 2.75) is 140 Å². The number of hydrogen-bond acceptors (Lipinski definition) is 3. The van der Waals surface area contributed by atoms with E-state index >= 15 is 0 Å². The average Bonchev–Trinajstić information content (AvgIpc) is 3.28. The van der Waals surface area contributed by atoms with Crippen molar-refractivity contribution in [3.63, 3.8) is 0 Å². The molecule has 3 aliphatic carbocycles. The fourth-order valence-corrected chi connectivity index (χ4v) is 9.52. The quantitative estimate of drug-likeness (QED) is 0.101. The van der Waals surface area contributed by atoms with Gasteiger partial charge in [0.05, 0.1) is 6.10 Å². The maximum Gasteiger partial charge on any atom is 0.453 e. The van der Waals surface area contributed by atoms with Crippen LogP contribution in [0.15, 0.2) is 30.9 Å². The molecule has 0 radical (unpaired) electrons. The fraction of sp³-hybridized carbons (Fsp3) is 0.784. The van der Waals surface area contributed by atoms with Gasteiger partial charge in [-0.25, -0.2) is 0 Å². The second kappa shape index (κ2) is 15.0. The summed E-state index contributed by atoms with van der Waals surface area (Å²) in [5.41, 5.74) is 2.58. The third-order valence-electron chi connectivity index (χ3n) is 11.9. The van der Waals surface area contributed by atoms with Gasteiger partial charge in [-0.3, -0.25) is 0 Å². The van der Waals surface area contributed by atoms with Crippen molar-refractivity contribution in [3.05, 3.63) is 42.0 Å². The molecule has 0 aromatic heterocycles. The minimum absolute atomic E-state index is 0.00844. The molecule has 8 heteroatoms. The van der Waals surface area contributed by atoms with E-state index in [9.17, 15) is 32.2 Å². The van der Waals surface area contributed by atoms with Crippen molar-refractivity contribution in [3.8, 4) is 5.75 Å². The van der Waals surface area contributed by atoms with Gasteiger partial charge in [-0.05, 0) is 130 Å². The van der Waals surface area contributed by atoms with Crippen LogP contribution in [0.5, 0.6) is 5.75 Å². The van der Waals surface area contributed by atoms with Gasteiger partial charge in [-0.2, -0.15) is 22.0 Å². The molecule has 6 atom stereocenters. The number of fused-ring (bicyclic) bond motifs is 5. The number of aryl methyl sites for hydroxylation is 1. The van der Waals surface area contributed by atoms with Gasteiger partial charge in [0.2, 0.25) is 0 Å². The van der Waals surface area contributed by atoms with Gasteiger partial charge in [-0.15, -0.1) is 6.58 Å². The first-order chi connectivity index (χ1) is 21.2. The van der Waals surface area contributed by atoms with Crippen LogP contribution in [0.25, 0.3) is 0 Å². The minimum Gasteiger partial charge on any atom is -0.508 e. The molecule has 1 aromatic rings. The van der Waals surface area contributed by atoms with Crippen LogP contribution in [0.4, 0.5) is 22.0 Å². The summed E-state index contributed by atoms with van der Waals surface area (Å²) in [6.45, 7) is 8.65. The van der Waals surface area contributed by atoms with Gasteiger partial charge in [-0.1, -0.05) is 64.0 Å². The Morgan fingerprint density at radius 1 is 0.933 bits per heavy atom. The molecular formula is C37H56F5NO2. The molecule has 2 N–H and O–H groups in total. The molecule has 0 saturated heterocycles. The lowest BCUT2D eigenvalue weighted by Gasteiger charge is -2.60. The second-order valence-corrected chi connectivity index (χ2v) is 14.9. The lowest BCUT2D eigenvalue weighted by Crippen LogP contribution is -2.54. The monoisotopic (exact) mass is 641 g/mol. The van der Waals surface area contributed by atoms with E-state index in [1.165, 1.54) is 36.8 Å². The molecular weight excluding hydrogens is 585 g/mol. The Bertz CT molecular complexity index is 1110. The molecule has 3 aliphatic rings. The highest BCUT2D eigenvalue weighted by atomic mass is 19.4. The number of phenolic OH excluding ortho intramolecular Hbond substituents is 1. The molecule has 2 fully saturated rings.